The van der Waals surface area contributed by atoms with Gasteiger partial charge < -0.3 is 9.47 Å². The maximum absolute atomic E-state index is 13.2. The third-order valence-electron chi connectivity index (χ3n) is 4.55. The first kappa shape index (κ1) is 25.8. The Hall–Kier alpha value is -2.80. The molecule has 1 heterocycles. The fourth-order valence-corrected chi connectivity index (χ4v) is 4.11. The zero-order valence-corrected chi connectivity index (χ0v) is 20.7. The van der Waals surface area contributed by atoms with E-state index in [4.69, 9.17) is 21.1 Å². The molecule has 0 spiro atoms. The monoisotopic (exact) mass is 608 g/mol. The number of rotatable bonds is 6. The van der Waals surface area contributed by atoms with E-state index in [2.05, 4.69) is 0 Å². The van der Waals surface area contributed by atoms with Crippen LogP contribution in [0.1, 0.15) is 25.0 Å². The predicted molar refractivity (Wildman–Crippen MR) is 127 cm³/mol. The summed E-state index contributed by atoms with van der Waals surface area (Å²) >= 11 is 8.00. The minimum Gasteiger partial charge on any atom is -0.490 e. The van der Waals surface area contributed by atoms with Gasteiger partial charge in [0, 0.05) is 0 Å². The molecule has 3 rings (SSSR count). The number of alkyl halides is 3. The number of carbonyl (C=O) groups is 3. The van der Waals surface area contributed by atoms with Crippen molar-refractivity contribution in [3.63, 3.8) is 0 Å². The number of hydrogen-bond donors (Lipinski definition) is 1. The Balaban J connectivity index is 2.09. The summed E-state index contributed by atoms with van der Waals surface area (Å²) in [5.74, 6) is -1.27. The van der Waals surface area contributed by atoms with E-state index >= 15 is 0 Å². The van der Waals surface area contributed by atoms with Crippen molar-refractivity contribution in [1.82, 2.24) is 5.32 Å². The zero-order valence-electron chi connectivity index (χ0n) is 17.8. The molecule has 0 unspecified atom stereocenters. The van der Waals surface area contributed by atoms with Gasteiger partial charge in [0.2, 0.25) is 0 Å². The van der Waals surface area contributed by atoms with E-state index in [-0.39, 0.29) is 5.02 Å². The molecule has 1 aliphatic heterocycles. The first-order valence-corrected chi connectivity index (χ1v) is 11.3. The molecule has 1 aliphatic rings. The van der Waals surface area contributed by atoms with Crippen LogP contribution >= 0.6 is 34.2 Å². The van der Waals surface area contributed by atoms with Crippen molar-refractivity contribution in [1.29, 1.82) is 0 Å². The molecule has 0 radical (unpaired) electrons. The number of nitrogens with zero attached hydrogens (tertiary/aromatic N) is 1. The maximum atomic E-state index is 13.2. The number of anilines is 1. The van der Waals surface area contributed by atoms with Crippen LogP contribution in [0.3, 0.4) is 0 Å². The molecule has 180 valence electrons. The van der Waals surface area contributed by atoms with Gasteiger partial charge in [0.1, 0.15) is 5.57 Å². The molecule has 2 aromatic rings. The molecule has 1 N–H and O–H groups in total. The second kappa shape index (κ2) is 10.2. The number of halogens is 5. The average Bonchev–Trinajstić information content (AvgIpc) is 2.74. The lowest BCUT2D eigenvalue weighted by molar-refractivity contribution is -0.137. The molecule has 2 aromatic carbocycles. The van der Waals surface area contributed by atoms with Crippen LogP contribution in [0, 0.1) is 3.57 Å². The highest BCUT2D eigenvalue weighted by Crippen LogP contribution is 2.38. The Morgan fingerprint density at radius 2 is 1.76 bits per heavy atom. The second-order valence-electron chi connectivity index (χ2n) is 6.82. The van der Waals surface area contributed by atoms with Crippen LogP contribution in [-0.4, -0.2) is 31.1 Å². The third kappa shape index (κ3) is 5.30. The first-order chi connectivity index (χ1) is 16.0. The molecule has 34 heavy (non-hydrogen) atoms. The van der Waals surface area contributed by atoms with Crippen molar-refractivity contribution < 1.29 is 37.0 Å². The van der Waals surface area contributed by atoms with Gasteiger partial charge in [0.15, 0.2) is 11.5 Å². The normalized spacial score (nSPS) is 15.6. The maximum Gasteiger partial charge on any atom is 0.416 e. The van der Waals surface area contributed by atoms with Crippen LogP contribution in [0.2, 0.25) is 5.02 Å². The van der Waals surface area contributed by atoms with Gasteiger partial charge >= 0.3 is 12.2 Å². The van der Waals surface area contributed by atoms with Gasteiger partial charge in [0.25, 0.3) is 11.8 Å². The van der Waals surface area contributed by atoms with E-state index in [9.17, 15) is 27.6 Å². The van der Waals surface area contributed by atoms with Crippen LogP contribution in [-0.2, 0) is 15.8 Å². The number of hydrogen-bond acceptors (Lipinski definition) is 5. The molecule has 0 saturated carbocycles. The van der Waals surface area contributed by atoms with Gasteiger partial charge in [-0.15, -0.1) is 0 Å². The van der Waals surface area contributed by atoms with Crippen LogP contribution < -0.4 is 19.7 Å². The summed E-state index contributed by atoms with van der Waals surface area (Å²) in [5, 5.41) is 1.68. The number of benzene rings is 2. The van der Waals surface area contributed by atoms with Crippen LogP contribution in [0.15, 0.2) is 35.9 Å². The molecule has 4 amide bonds. The van der Waals surface area contributed by atoms with Gasteiger partial charge in [-0.05, 0) is 78.4 Å². The summed E-state index contributed by atoms with van der Waals surface area (Å²) in [7, 11) is 0. The Bertz CT molecular complexity index is 1200. The molecule has 0 bridgehead atoms. The first-order valence-electron chi connectivity index (χ1n) is 9.85. The number of imide groups is 2. The van der Waals surface area contributed by atoms with Gasteiger partial charge in [-0.3, -0.25) is 14.9 Å². The molecule has 0 atom stereocenters. The Morgan fingerprint density at radius 1 is 1.09 bits per heavy atom. The van der Waals surface area contributed by atoms with Gasteiger partial charge in [-0.25, -0.2) is 9.69 Å². The lowest BCUT2D eigenvalue weighted by atomic mass is 10.1. The molecule has 12 heteroatoms. The van der Waals surface area contributed by atoms with E-state index < -0.39 is 40.8 Å². The molecular weight excluding hydrogens is 592 g/mol. The average molecular weight is 609 g/mol. The number of barbiturate groups is 1. The number of urea groups is 1. The van der Waals surface area contributed by atoms with Crippen LogP contribution in [0.4, 0.5) is 23.7 Å². The number of carbonyl (C=O) groups excluding carboxylic acids is 3. The van der Waals surface area contributed by atoms with Gasteiger partial charge in [-0.2, -0.15) is 13.2 Å². The highest BCUT2D eigenvalue weighted by atomic mass is 127. The van der Waals surface area contributed by atoms with E-state index in [1.807, 2.05) is 27.9 Å². The number of amides is 4. The second-order valence-corrected chi connectivity index (χ2v) is 8.39. The molecule has 0 aliphatic carbocycles. The summed E-state index contributed by atoms with van der Waals surface area (Å²) < 4.78 is 51.3. The lowest BCUT2D eigenvalue weighted by Gasteiger charge is -2.27. The fraction of sp³-hybridized carbons (Fsp3) is 0.227. The van der Waals surface area contributed by atoms with Crippen molar-refractivity contribution >= 4 is 63.8 Å². The summed E-state index contributed by atoms with van der Waals surface area (Å²) in [5.41, 5.74) is -1.72. The van der Waals surface area contributed by atoms with Gasteiger partial charge in [-0.1, -0.05) is 11.6 Å². The topological polar surface area (TPSA) is 84.9 Å². The van der Waals surface area contributed by atoms with E-state index in [0.29, 0.717) is 44.8 Å². The third-order valence-corrected chi connectivity index (χ3v) is 5.67. The van der Waals surface area contributed by atoms with E-state index in [0.717, 1.165) is 12.1 Å². The van der Waals surface area contributed by atoms with Crippen LogP contribution in [0.5, 0.6) is 11.5 Å². The van der Waals surface area contributed by atoms with Crippen molar-refractivity contribution in [2.45, 2.75) is 20.0 Å². The van der Waals surface area contributed by atoms with E-state index in [1.165, 1.54) is 6.08 Å². The fourth-order valence-electron chi connectivity index (χ4n) is 3.12. The summed E-state index contributed by atoms with van der Waals surface area (Å²) in [6.45, 7) is 4.28. The summed E-state index contributed by atoms with van der Waals surface area (Å²) in [6.07, 6.45) is -3.53. The Morgan fingerprint density at radius 3 is 2.38 bits per heavy atom. The van der Waals surface area contributed by atoms with Crippen molar-refractivity contribution in [2.75, 3.05) is 18.1 Å². The van der Waals surface area contributed by atoms with Crippen molar-refractivity contribution in [3.8, 4) is 11.5 Å². The van der Waals surface area contributed by atoms with E-state index in [1.54, 1.807) is 26.0 Å². The largest absolute Gasteiger partial charge is 0.490 e. The zero-order chi connectivity index (χ0) is 25.2. The van der Waals surface area contributed by atoms with Crippen molar-refractivity contribution in [2.24, 2.45) is 0 Å². The highest BCUT2D eigenvalue weighted by molar-refractivity contribution is 14.1. The quantitative estimate of drug-likeness (QED) is 0.269. The minimum absolute atomic E-state index is 0.278. The molecule has 1 saturated heterocycles. The number of ether oxygens (including phenoxy) is 2. The summed E-state index contributed by atoms with van der Waals surface area (Å²) in [6, 6.07) is 4.16. The predicted octanol–water partition coefficient (Wildman–Crippen LogP) is 5.43. The Labute approximate surface area is 211 Å². The summed E-state index contributed by atoms with van der Waals surface area (Å²) in [4.78, 5) is 38.4. The SMILES string of the molecule is CCOc1cc(/C=C2\C(=O)NC(=O)N(c3cc(C(F)(F)F)ccc3Cl)C2=O)cc(I)c1OCC. The lowest BCUT2D eigenvalue weighted by Crippen LogP contribution is -2.54. The van der Waals surface area contributed by atoms with Crippen molar-refractivity contribution in [3.05, 3.63) is 55.6 Å². The standard InChI is InChI=1S/C22H17ClF3IN2O5/c1-3-33-17-9-11(8-15(27)18(17)34-4-2)7-13-19(30)28-21(32)29(20(13)31)16-10-12(22(24,25)26)5-6-14(16)23/h5-10H,3-4H2,1-2H3,(H,28,30,32)/b13-7+. The minimum atomic E-state index is -4.74. The van der Waals surface area contributed by atoms with Crippen LogP contribution in [0.25, 0.3) is 6.08 Å². The number of nitrogens with one attached hydrogen (secondary N) is 1. The smallest absolute Gasteiger partial charge is 0.416 e. The van der Waals surface area contributed by atoms with Gasteiger partial charge in [0.05, 0.1) is 33.1 Å². The molecule has 1 fully saturated rings. The molecular formula is C22H17ClF3IN2O5. The Kier molecular flexibility index (Phi) is 7.76. The highest BCUT2D eigenvalue weighted by Gasteiger charge is 2.39. The molecule has 7 nitrogen and oxygen atoms in total. The molecule has 0 aromatic heterocycles.